The van der Waals surface area contributed by atoms with Crippen molar-refractivity contribution in [2.75, 3.05) is 27.9 Å². The van der Waals surface area contributed by atoms with Gasteiger partial charge in [-0.05, 0) is 18.9 Å². The van der Waals surface area contributed by atoms with E-state index in [9.17, 15) is 0 Å². The second-order valence-electron chi connectivity index (χ2n) is 5.81. The zero-order valence-electron chi connectivity index (χ0n) is 13.4. The van der Waals surface area contributed by atoms with Crippen LogP contribution in [0.2, 0.25) is 0 Å². The van der Waals surface area contributed by atoms with Crippen molar-refractivity contribution in [3.05, 3.63) is 23.3 Å². The Labute approximate surface area is 127 Å². The Morgan fingerprint density at radius 3 is 2.29 bits per heavy atom. The van der Waals surface area contributed by atoms with Crippen molar-refractivity contribution in [2.24, 2.45) is 5.73 Å². The SMILES string of the molecule is COCc1c(OC)ccc(C2(CN)CCCCC2)c1OC. The summed E-state index contributed by atoms with van der Waals surface area (Å²) in [6.07, 6.45) is 6.00. The Balaban J connectivity index is 2.54. The molecule has 4 heteroatoms. The van der Waals surface area contributed by atoms with Gasteiger partial charge in [0.25, 0.3) is 0 Å². The van der Waals surface area contributed by atoms with E-state index in [1.807, 2.05) is 6.07 Å². The van der Waals surface area contributed by atoms with Gasteiger partial charge in [-0.25, -0.2) is 0 Å². The molecule has 0 unspecified atom stereocenters. The molecular weight excluding hydrogens is 266 g/mol. The van der Waals surface area contributed by atoms with E-state index < -0.39 is 0 Å². The lowest BCUT2D eigenvalue weighted by Crippen LogP contribution is -2.37. The van der Waals surface area contributed by atoms with Gasteiger partial charge >= 0.3 is 0 Å². The molecule has 1 saturated carbocycles. The van der Waals surface area contributed by atoms with Crippen LogP contribution in [-0.4, -0.2) is 27.9 Å². The molecule has 0 radical (unpaired) electrons. The summed E-state index contributed by atoms with van der Waals surface area (Å²) in [4.78, 5) is 0. The molecule has 2 rings (SSSR count). The van der Waals surface area contributed by atoms with Crippen LogP contribution in [0.25, 0.3) is 0 Å². The minimum atomic E-state index is 0.0261. The molecule has 4 nitrogen and oxygen atoms in total. The quantitative estimate of drug-likeness (QED) is 0.876. The zero-order valence-corrected chi connectivity index (χ0v) is 13.4. The van der Waals surface area contributed by atoms with Gasteiger partial charge in [0.05, 0.1) is 26.4 Å². The lowest BCUT2D eigenvalue weighted by Gasteiger charge is -2.38. The molecule has 0 bridgehead atoms. The standard InChI is InChI=1S/C17H27NO3/c1-19-11-13-15(20-2)8-7-14(16(13)21-3)17(12-18)9-5-4-6-10-17/h7-8H,4-6,9-12,18H2,1-3H3. The van der Waals surface area contributed by atoms with Gasteiger partial charge in [-0.1, -0.05) is 25.3 Å². The molecule has 0 spiro atoms. The Bertz CT molecular complexity index is 467. The molecule has 2 N–H and O–H groups in total. The average molecular weight is 293 g/mol. The number of rotatable bonds is 6. The first kappa shape index (κ1) is 16.1. The van der Waals surface area contributed by atoms with Crippen LogP contribution in [0.15, 0.2) is 12.1 Å². The van der Waals surface area contributed by atoms with E-state index in [0.717, 1.165) is 29.9 Å². The van der Waals surface area contributed by atoms with Crippen molar-refractivity contribution in [1.82, 2.24) is 0 Å². The Hall–Kier alpha value is -1.26. The van der Waals surface area contributed by atoms with E-state index >= 15 is 0 Å². The van der Waals surface area contributed by atoms with Crippen LogP contribution in [-0.2, 0) is 16.8 Å². The molecule has 1 aromatic carbocycles. The van der Waals surface area contributed by atoms with Crippen molar-refractivity contribution < 1.29 is 14.2 Å². The van der Waals surface area contributed by atoms with E-state index in [2.05, 4.69) is 6.07 Å². The summed E-state index contributed by atoms with van der Waals surface area (Å²) in [5, 5.41) is 0. The Morgan fingerprint density at radius 1 is 1.05 bits per heavy atom. The monoisotopic (exact) mass is 293 g/mol. The molecule has 0 saturated heterocycles. The van der Waals surface area contributed by atoms with Gasteiger partial charge in [-0.3, -0.25) is 0 Å². The van der Waals surface area contributed by atoms with Gasteiger partial charge in [0.15, 0.2) is 0 Å². The summed E-state index contributed by atoms with van der Waals surface area (Å²) in [5.41, 5.74) is 8.38. The zero-order chi connectivity index (χ0) is 15.3. The minimum Gasteiger partial charge on any atom is -0.496 e. The van der Waals surface area contributed by atoms with Crippen LogP contribution in [0.5, 0.6) is 11.5 Å². The molecule has 0 amide bonds. The number of hydrogen-bond donors (Lipinski definition) is 1. The third kappa shape index (κ3) is 3.01. The van der Waals surface area contributed by atoms with Gasteiger partial charge in [-0.2, -0.15) is 0 Å². The molecule has 21 heavy (non-hydrogen) atoms. The maximum absolute atomic E-state index is 6.17. The first-order chi connectivity index (χ1) is 10.2. The summed E-state index contributed by atoms with van der Waals surface area (Å²) in [6.45, 7) is 1.13. The lowest BCUT2D eigenvalue weighted by atomic mass is 9.69. The van der Waals surface area contributed by atoms with Crippen LogP contribution in [0.1, 0.15) is 43.2 Å². The molecule has 0 aromatic heterocycles. The summed E-state index contributed by atoms with van der Waals surface area (Å²) in [7, 11) is 5.07. The molecule has 1 aromatic rings. The Morgan fingerprint density at radius 2 is 1.76 bits per heavy atom. The van der Waals surface area contributed by atoms with Crippen molar-refractivity contribution in [1.29, 1.82) is 0 Å². The Kier molecular flexibility index (Phi) is 5.48. The van der Waals surface area contributed by atoms with Gasteiger partial charge in [0, 0.05) is 24.6 Å². The van der Waals surface area contributed by atoms with Crippen LogP contribution < -0.4 is 15.2 Å². The fraction of sp³-hybridized carbons (Fsp3) is 0.647. The second-order valence-corrected chi connectivity index (χ2v) is 5.81. The normalized spacial score (nSPS) is 17.5. The number of benzene rings is 1. The van der Waals surface area contributed by atoms with Crippen LogP contribution >= 0.6 is 0 Å². The first-order valence-corrected chi connectivity index (χ1v) is 7.65. The molecule has 1 fully saturated rings. The van der Waals surface area contributed by atoms with E-state index in [0.29, 0.717) is 13.2 Å². The topological polar surface area (TPSA) is 53.7 Å². The summed E-state index contributed by atoms with van der Waals surface area (Å²) in [5.74, 6) is 1.68. The van der Waals surface area contributed by atoms with Crippen molar-refractivity contribution >= 4 is 0 Å². The predicted molar refractivity (Wildman–Crippen MR) is 84.1 cm³/mol. The largest absolute Gasteiger partial charge is 0.496 e. The molecule has 0 atom stereocenters. The van der Waals surface area contributed by atoms with Crippen molar-refractivity contribution in [2.45, 2.75) is 44.1 Å². The number of hydrogen-bond acceptors (Lipinski definition) is 4. The molecule has 1 aliphatic carbocycles. The predicted octanol–water partition coefficient (Wildman–Crippen LogP) is 3.01. The van der Waals surface area contributed by atoms with Crippen LogP contribution in [0.4, 0.5) is 0 Å². The highest BCUT2D eigenvalue weighted by Crippen LogP contribution is 2.45. The summed E-state index contributed by atoms with van der Waals surface area (Å²) in [6, 6.07) is 4.13. The van der Waals surface area contributed by atoms with Crippen molar-refractivity contribution in [3.63, 3.8) is 0 Å². The maximum atomic E-state index is 6.17. The van der Waals surface area contributed by atoms with Gasteiger partial charge < -0.3 is 19.9 Å². The molecular formula is C17H27NO3. The van der Waals surface area contributed by atoms with E-state index in [1.165, 1.54) is 24.8 Å². The molecule has 0 aliphatic heterocycles. The number of ether oxygens (including phenoxy) is 3. The second kappa shape index (κ2) is 7.14. The average Bonchev–Trinajstić information content (AvgIpc) is 2.55. The van der Waals surface area contributed by atoms with E-state index in [4.69, 9.17) is 19.9 Å². The fourth-order valence-corrected chi connectivity index (χ4v) is 3.54. The molecule has 118 valence electrons. The van der Waals surface area contributed by atoms with Gasteiger partial charge in [-0.15, -0.1) is 0 Å². The smallest absolute Gasteiger partial charge is 0.131 e. The summed E-state index contributed by atoms with van der Waals surface area (Å²) < 4.78 is 16.5. The highest BCUT2D eigenvalue weighted by Gasteiger charge is 2.36. The summed E-state index contributed by atoms with van der Waals surface area (Å²) >= 11 is 0. The maximum Gasteiger partial charge on any atom is 0.131 e. The number of methoxy groups -OCH3 is 3. The molecule has 1 aliphatic rings. The highest BCUT2D eigenvalue weighted by molar-refractivity contribution is 5.53. The first-order valence-electron chi connectivity index (χ1n) is 7.65. The molecule has 0 heterocycles. The van der Waals surface area contributed by atoms with Gasteiger partial charge in [0.1, 0.15) is 11.5 Å². The third-order valence-corrected chi connectivity index (χ3v) is 4.70. The number of nitrogens with two attached hydrogens (primary N) is 1. The van der Waals surface area contributed by atoms with Crippen LogP contribution in [0, 0.1) is 0 Å². The van der Waals surface area contributed by atoms with Gasteiger partial charge in [0.2, 0.25) is 0 Å². The van der Waals surface area contributed by atoms with Crippen LogP contribution in [0.3, 0.4) is 0 Å². The highest BCUT2D eigenvalue weighted by atomic mass is 16.5. The van der Waals surface area contributed by atoms with Crippen molar-refractivity contribution in [3.8, 4) is 11.5 Å². The van der Waals surface area contributed by atoms with E-state index in [1.54, 1.807) is 21.3 Å². The van der Waals surface area contributed by atoms with E-state index in [-0.39, 0.29) is 5.41 Å². The minimum absolute atomic E-state index is 0.0261. The third-order valence-electron chi connectivity index (χ3n) is 4.70. The lowest BCUT2D eigenvalue weighted by molar-refractivity contribution is 0.177. The fourth-order valence-electron chi connectivity index (χ4n) is 3.54.